The molecule has 2 aliphatic carbocycles. The minimum atomic E-state index is -0.820. The van der Waals surface area contributed by atoms with Gasteiger partial charge in [0.15, 0.2) is 0 Å². The molecular weight excluding hydrogens is 410 g/mol. The molecule has 4 atom stereocenters. The summed E-state index contributed by atoms with van der Waals surface area (Å²) < 4.78 is 0. The van der Waals surface area contributed by atoms with Crippen molar-refractivity contribution in [2.24, 2.45) is 29.4 Å². The molecule has 2 saturated carbocycles. The molecule has 3 rings (SSSR count). The highest BCUT2D eigenvalue weighted by molar-refractivity contribution is 5.98. The number of hydrogen-bond acceptors (Lipinski definition) is 6. The lowest BCUT2D eigenvalue weighted by molar-refractivity contribution is -0.150. The number of nitrogens with two attached hydrogens (primary N) is 1. The predicted octanol–water partition coefficient (Wildman–Crippen LogP) is 1.53. The molecule has 3 fully saturated rings. The topological polar surface area (TPSA) is 130 Å². The lowest BCUT2D eigenvalue weighted by atomic mass is 9.71. The zero-order valence-electron chi connectivity index (χ0n) is 19.4. The van der Waals surface area contributed by atoms with Gasteiger partial charge < -0.3 is 16.2 Å². The molecule has 0 aromatic carbocycles. The highest BCUT2D eigenvalue weighted by Crippen LogP contribution is 2.35. The van der Waals surface area contributed by atoms with Crippen LogP contribution in [0.25, 0.3) is 0 Å². The minimum absolute atomic E-state index is 0.0556. The zero-order valence-corrected chi connectivity index (χ0v) is 19.4. The molecule has 3 amide bonds. The summed E-state index contributed by atoms with van der Waals surface area (Å²) in [6.45, 7) is 4.08. The number of rotatable bonds is 7. The van der Waals surface area contributed by atoms with Crippen molar-refractivity contribution in [3.05, 3.63) is 0 Å². The van der Waals surface area contributed by atoms with Crippen molar-refractivity contribution in [1.82, 2.24) is 10.2 Å². The molecule has 1 saturated heterocycles. The van der Waals surface area contributed by atoms with E-state index in [4.69, 9.17) is 5.73 Å². The number of amides is 3. The summed E-state index contributed by atoms with van der Waals surface area (Å²) in [7, 11) is 0. The van der Waals surface area contributed by atoms with Crippen molar-refractivity contribution >= 4 is 23.5 Å². The smallest absolute Gasteiger partial charge is 0.229 e. The van der Waals surface area contributed by atoms with Gasteiger partial charge in [-0.3, -0.25) is 24.1 Å². The summed E-state index contributed by atoms with van der Waals surface area (Å²) in [6.07, 6.45) is 4.90. The third-order valence-electron chi connectivity index (χ3n) is 7.53. The fourth-order valence-electron chi connectivity index (χ4n) is 5.70. The number of imide groups is 1. The number of aliphatic hydroxyl groups is 1. The first-order valence-electron chi connectivity index (χ1n) is 12.2. The van der Waals surface area contributed by atoms with Crippen molar-refractivity contribution in [2.75, 3.05) is 6.54 Å². The SMILES string of the molecule is C[C@@H]1CC(C(O)CC2CC(=O)N(CCC(=O)NC3CCC(N)CC3)C(=O)C2)C(=O)[C@@H](C)C1. The van der Waals surface area contributed by atoms with Gasteiger partial charge in [-0.05, 0) is 56.8 Å². The first-order chi connectivity index (χ1) is 15.1. The average molecular weight is 450 g/mol. The molecule has 0 spiro atoms. The van der Waals surface area contributed by atoms with E-state index in [1.807, 2.05) is 6.92 Å². The number of ketones is 1. The number of likely N-dealkylation sites (tertiary alicyclic amines) is 1. The van der Waals surface area contributed by atoms with Crippen LogP contribution in [0.2, 0.25) is 0 Å². The number of carbonyl (C=O) groups is 4. The molecule has 8 heteroatoms. The lowest BCUT2D eigenvalue weighted by Crippen LogP contribution is -2.47. The number of nitrogens with zero attached hydrogens (tertiary/aromatic N) is 1. The average Bonchev–Trinajstić information content (AvgIpc) is 2.71. The van der Waals surface area contributed by atoms with Gasteiger partial charge in [0, 0.05) is 49.7 Å². The summed E-state index contributed by atoms with van der Waals surface area (Å²) in [5.41, 5.74) is 5.89. The standard InChI is InChI=1S/C24H39N3O5/c1-14-9-15(2)24(32)19(10-14)20(28)11-16-12-22(30)27(23(31)13-16)8-7-21(29)26-18-5-3-17(25)4-6-18/h14-20,28H,3-13,25H2,1-2H3,(H,26,29)/t14-,15-,17?,18?,19?,20?/m0/s1. The highest BCUT2D eigenvalue weighted by Gasteiger charge is 2.39. The molecule has 2 unspecified atom stereocenters. The summed E-state index contributed by atoms with van der Waals surface area (Å²) in [5, 5.41) is 13.7. The summed E-state index contributed by atoms with van der Waals surface area (Å²) in [6, 6.07) is 0.329. The monoisotopic (exact) mass is 449 g/mol. The van der Waals surface area contributed by atoms with Crippen LogP contribution >= 0.6 is 0 Å². The fraction of sp³-hybridized carbons (Fsp3) is 0.833. The van der Waals surface area contributed by atoms with Crippen LogP contribution in [0.15, 0.2) is 0 Å². The van der Waals surface area contributed by atoms with Crippen LogP contribution in [0, 0.1) is 23.7 Å². The van der Waals surface area contributed by atoms with Gasteiger partial charge in [-0.15, -0.1) is 0 Å². The van der Waals surface area contributed by atoms with Crippen molar-refractivity contribution in [2.45, 2.75) is 96.2 Å². The first-order valence-corrected chi connectivity index (χ1v) is 12.2. The molecule has 0 aromatic rings. The van der Waals surface area contributed by atoms with E-state index in [2.05, 4.69) is 12.2 Å². The van der Waals surface area contributed by atoms with Gasteiger partial charge in [-0.2, -0.15) is 0 Å². The third-order valence-corrected chi connectivity index (χ3v) is 7.53. The van der Waals surface area contributed by atoms with E-state index < -0.39 is 12.0 Å². The number of hydrogen-bond donors (Lipinski definition) is 3. The van der Waals surface area contributed by atoms with Crippen molar-refractivity contribution < 1.29 is 24.3 Å². The second kappa shape index (κ2) is 10.9. The Bertz CT molecular complexity index is 700. The van der Waals surface area contributed by atoms with Crippen LogP contribution in [0.5, 0.6) is 0 Å². The van der Waals surface area contributed by atoms with Gasteiger partial charge in [0.2, 0.25) is 17.7 Å². The highest BCUT2D eigenvalue weighted by atomic mass is 16.3. The van der Waals surface area contributed by atoms with E-state index in [-0.39, 0.29) is 79.7 Å². The molecule has 1 aliphatic heterocycles. The summed E-state index contributed by atoms with van der Waals surface area (Å²) in [5.74, 6) is -1.00. The number of aliphatic hydroxyl groups excluding tert-OH is 1. The quantitative estimate of drug-likeness (QED) is 0.506. The van der Waals surface area contributed by atoms with Gasteiger partial charge in [-0.25, -0.2) is 0 Å². The Morgan fingerprint density at radius 1 is 1.09 bits per heavy atom. The summed E-state index contributed by atoms with van der Waals surface area (Å²) in [4.78, 5) is 51.1. The Kier molecular flexibility index (Phi) is 8.44. The van der Waals surface area contributed by atoms with Gasteiger partial charge in [0.1, 0.15) is 5.78 Å². The van der Waals surface area contributed by atoms with Gasteiger partial charge in [0.05, 0.1) is 6.10 Å². The van der Waals surface area contributed by atoms with E-state index in [0.717, 1.165) is 32.1 Å². The Hall–Kier alpha value is -1.80. The maximum Gasteiger partial charge on any atom is 0.229 e. The number of carbonyl (C=O) groups excluding carboxylic acids is 4. The normalized spacial score (nSPS) is 33.3. The zero-order chi connectivity index (χ0) is 23.4. The van der Waals surface area contributed by atoms with Crippen LogP contribution in [-0.4, -0.2) is 58.2 Å². The van der Waals surface area contributed by atoms with Crippen LogP contribution in [0.4, 0.5) is 0 Å². The van der Waals surface area contributed by atoms with E-state index >= 15 is 0 Å². The van der Waals surface area contributed by atoms with Crippen molar-refractivity contribution in [3.8, 4) is 0 Å². The third kappa shape index (κ3) is 6.38. The molecule has 0 bridgehead atoms. The molecule has 0 radical (unpaired) electrons. The van der Waals surface area contributed by atoms with Crippen LogP contribution in [0.1, 0.15) is 78.1 Å². The molecule has 1 heterocycles. The molecule has 180 valence electrons. The Balaban J connectivity index is 1.44. The van der Waals surface area contributed by atoms with E-state index in [1.165, 1.54) is 4.90 Å². The van der Waals surface area contributed by atoms with Crippen LogP contribution in [-0.2, 0) is 19.2 Å². The van der Waals surface area contributed by atoms with E-state index in [0.29, 0.717) is 12.3 Å². The molecule has 0 aromatic heterocycles. The first kappa shape index (κ1) is 24.8. The minimum Gasteiger partial charge on any atom is -0.392 e. The van der Waals surface area contributed by atoms with E-state index in [9.17, 15) is 24.3 Å². The van der Waals surface area contributed by atoms with E-state index in [1.54, 1.807) is 0 Å². The fourth-order valence-corrected chi connectivity index (χ4v) is 5.70. The molecule has 4 N–H and O–H groups in total. The van der Waals surface area contributed by atoms with Gasteiger partial charge >= 0.3 is 0 Å². The number of Topliss-reactive ketones (excluding diaryl/α,β-unsaturated/α-hetero) is 1. The molecule has 3 aliphatic rings. The molecule has 8 nitrogen and oxygen atoms in total. The van der Waals surface area contributed by atoms with Crippen molar-refractivity contribution in [1.29, 1.82) is 0 Å². The number of nitrogens with one attached hydrogen (secondary N) is 1. The molecule has 32 heavy (non-hydrogen) atoms. The lowest BCUT2D eigenvalue weighted by Gasteiger charge is -2.36. The Labute approximate surface area is 190 Å². The summed E-state index contributed by atoms with van der Waals surface area (Å²) >= 11 is 0. The maximum absolute atomic E-state index is 12.6. The largest absolute Gasteiger partial charge is 0.392 e. The Morgan fingerprint density at radius 2 is 1.72 bits per heavy atom. The molecular formula is C24H39N3O5. The van der Waals surface area contributed by atoms with Gasteiger partial charge in [0.25, 0.3) is 0 Å². The number of piperidine rings is 1. The van der Waals surface area contributed by atoms with Crippen LogP contribution in [0.3, 0.4) is 0 Å². The predicted molar refractivity (Wildman–Crippen MR) is 119 cm³/mol. The second-order valence-corrected chi connectivity index (χ2v) is 10.4. The van der Waals surface area contributed by atoms with Crippen LogP contribution < -0.4 is 11.1 Å². The maximum atomic E-state index is 12.6. The Morgan fingerprint density at radius 3 is 2.34 bits per heavy atom. The van der Waals surface area contributed by atoms with Gasteiger partial charge in [-0.1, -0.05) is 13.8 Å². The second-order valence-electron chi connectivity index (χ2n) is 10.4. The van der Waals surface area contributed by atoms with Crippen molar-refractivity contribution in [3.63, 3.8) is 0 Å².